The largest absolute Gasteiger partial charge is 0.339 e. The summed E-state index contributed by atoms with van der Waals surface area (Å²) in [6.45, 7) is 7.91. The van der Waals surface area contributed by atoms with Crippen molar-refractivity contribution in [3.63, 3.8) is 0 Å². The summed E-state index contributed by atoms with van der Waals surface area (Å²) in [6.07, 6.45) is 4.51. The number of nitrogens with zero attached hydrogens (tertiary/aromatic N) is 1. The second-order valence-electron chi connectivity index (χ2n) is 5.96. The molecule has 0 unspecified atom stereocenters. The highest BCUT2D eigenvalue weighted by molar-refractivity contribution is 5.95. The Morgan fingerprint density at radius 1 is 1.25 bits per heavy atom. The molecule has 3 heteroatoms. The molecule has 0 radical (unpaired) electrons. The summed E-state index contributed by atoms with van der Waals surface area (Å²) >= 11 is 0. The molecule has 2 nitrogen and oxygen atoms in total. The van der Waals surface area contributed by atoms with E-state index < -0.39 is 0 Å². The van der Waals surface area contributed by atoms with Gasteiger partial charge in [-0.2, -0.15) is 0 Å². The van der Waals surface area contributed by atoms with Gasteiger partial charge < -0.3 is 4.90 Å². The molecule has 1 aliphatic heterocycles. The van der Waals surface area contributed by atoms with Crippen LogP contribution in [0.5, 0.6) is 0 Å². The summed E-state index contributed by atoms with van der Waals surface area (Å²) in [4.78, 5) is 14.4. The van der Waals surface area contributed by atoms with Crippen LogP contribution in [0.4, 0.5) is 4.39 Å². The number of rotatable bonds is 3. The average molecular weight is 277 g/mol. The quantitative estimate of drug-likeness (QED) is 0.811. The van der Waals surface area contributed by atoms with E-state index in [-0.39, 0.29) is 11.7 Å². The molecule has 1 aliphatic rings. The summed E-state index contributed by atoms with van der Waals surface area (Å²) in [5, 5.41) is 0. The standard InChI is InChI=1S/C17H24FNO/c1-4-17(5-2)8-10-19(11-9-17)16(20)15-7-6-14(18)12-13(15)3/h6-7,12H,4-5,8-11H2,1-3H3. The summed E-state index contributed by atoms with van der Waals surface area (Å²) in [5.41, 5.74) is 1.76. The maximum atomic E-state index is 13.1. The Bertz CT molecular complexity index is 484. The normalized spacial score (nSPS) is 18.1. The number of aryl methyl sites for hydroxylation is 1. The van der Waals surface area contributed by atoms with Crippen molar-refractivity contribution >= 4 is 5.91 Å². The minimum Gasteiger partial charge on any atom is -0.339 e. The molecule has 0 N–H and O–H groups in total. The summed E-state index contributed by atoms with van der Waals surface area (Å²) < 4.78 is 13.1. The number of carbonyl (C=O) groups excluding carboxylic acids is 1. The van der Waals surface area contributed by atoms with Crippen molar-refractivity contribution in [1.82, 2.24) is 4.90 Å². The number of hydrogen-bond donors (Lipinski definition) is 0. The van der Waals surface area contributed by atoms with E-state index in [4.69, 9.17) is 0 Å². The maximum Gasteiger partial charge on any atom is 0.254 e. The van der Waals surface area contributed by atoms with Crippen molar-refractivity contribution in [2.75, 3.05) is 13.1 Å². The molecule has 0 saturated carbocycles. The van der Waals surface area contributed by atoms with Crippen LogP contribution in [0.25, 0.3) is 0 Å². The first-order chi connectivity index (χ1) is 9.51. The lowest BCUT2D eigenvalue weighted by Gasteiger charge is -2.41. The highest BCUT2D eigenvalue weighted by Gasteiger charge is 2.33. The summed E-state index contributed by atoms with van der Waals surface area (Å²) in [5.74, 6) is -0.239. The number of benzene rings is 1. The van der Waals surface area contributed by atoms with Crippen molar-refractivity contribution in [3.8, 4) is 0 Å². The minimum absolute atomic E-state index is 0.0447. The topological polar surface area (TPSA) is 20.3 Å². The monoisotopic (exact) mass is 277 g/mol. The number of amides is 1. The second kappa shape index (κ2) is 5.94. The predicted octanol–water partition coefficient (Wildman–Crippen LogP) is 4.18. The van der Waals surface area contributed by atoms with Crippen molar-refractivity contribution in [3.05, 3.63) is 35.1 Å². The third-order valence-corrected chi connectivity index (χ3v) is 5.03. The van der Waals surface area contributed by atoms with Crippen LogP contribution >= 0.6 is 0 Å². The molecular formula is C17H24FNO. The van der Waals surface area contributed by atoms with E-state index in [0.29, 0.717) is 11.0 Å². The second-order valence-corrected chi connectivity index (χ2v) is 5.96. The van der Waals surface area contributed by atoms with Gasteiger partial charge >= 0.3 is 0 Å². The van der Waals surface area contributed by atoms with Gasteiger partial charge in [0.25, 0.3) is 5.91 Å². The Morgan fingerprint density at radius 3 is 2.35 bits per heavy atom. The van der Waals surface area contributed by atoms with Gasteiger partial charge in [-0.05, 0) is 48.9 Å². The third kappa shape index (κ3) is 2.87. The Balaban J connectivity index is 2.09. The maximum absolute atomic E-state index is 13.1. The van der Waals surface area contributed by atoms with Crippen molar-refractivity contribution in [2.24, 2.45) is 5.41 Å². The number of hydrogen-bond acceptors (Lipinski definition) is 1. The van der Waals surface area contributed by atoms with E-state index in [9.17, 15) is 9.18 Å². The Hall–Kier alpha value is -1.38. The molecular weight excluding hydrogens is 253 g/mol. The third-order valence-electron chi connectivity index (χ3n) is 5.03. The summed E-state index contributed by atoms with van der Waals surface area (Å²) in [6, 6.07) is 4.40. The van der Waals surface area contributed by atoms with E-state index in [2.05, 4.69) is 13.8 Å². The molecule has 20 heavy (non-hydrogen) atoms. The van der Waals surface area contributed by atoms with E-state index in [1.54, 1.807) is 13.0 Å². The van der Waals surface area contributed by atoms with Gasteiger partial charge in [0, 0.05) is 18.7 Å². The molecule has 1 fully saturated rings. The number of carbonyl (C=O) groups is 1. The van der Waals surface area contributed by atoms with E-state index >= 15 is 0 Å². The minimum atomic E-state index is -0.284. The zero-order valence-electron chi connectivity index (χ0n) is 12.7. The Morgan fingerprint density at radius 2 is 1.85 bits per heavy atom. The van der Waals surface area contributed by atoms with Crippen LogP contribution in [0, 0.1) is 18.2 Å². The molecule has 0 aliphatic carbocycles. The lowest BCUT2D eigenvalue weighted by Crippen LogP contribution is -2.43. The molecule has 1 aromatic carbocycles. The van der Waals surface area contributed by atoms with E-state index in [0.717, 1.165) is 31.5 Å². The van der Waals surface area contributed by atoms with Gasteiger partial charge in [0.1, 0.15) is 5.82 Å². The molecule has 0 aromatic heterocycles. The lowest BCUT2D eigenvalue weighted by molar-refractivity contribution is 0.0557. The zero-order chi connectivity index (χ0) is 14.8. The SMILES string of the molecule is CCC1(CC)CCN(C(=O)c2ccc(F)cc2C)CC1. The van der Waals surface area contributed by atoms with Gasteiger partial charge in [0.05, 0.1) is 0 Å². The van der Waals surface area contributed by atoms with Crippen LogP contribution in [0.1, 0.15) is 55.5 Å². The van der Waals surface area contributed by atoms with Crippen molar-refractivity contribution < 1.29 is 9.18 Å². The van der Waals surface area contributed by atoms with E-state index in [1.165, 1.54) is 25.0 Å². The smallest absolute Gasteiger partial charge is 0.254 e. The average Bonchev–Trinajstić information content (AvgIpc) is 2.47. The van der Waals surface area contributed by atoms with Crippen molar-refractivity contribution in [1.29, 1.82) is 0 Å². The molecule has 1 saturated heterocycles. The van der Waals surface area contributed by atoms with Gasteiger partial charge in [0.2, 0.25) is 0 Å². The van der Waals surface area contributed by atoms with Gasteiger partial charge in [-0.1, -0.05) is 26.7 Å². The molecule has 1 amide bonds. The van der Waals surface area contributed by atoms with E-state index in [1.807, 2.05) is 4.90 Å². The van der Waals surface area contributed by atoms with Crippen LogP contribution in [-0.2, 0) is 0 Å². The predicted molar refractivity (Wildman–Crippen MR) is 79.3 cm³/mol. The van der Waals surface area contributed by atoms with Crippen molar-refractivity contribution in [2.45, 2.75) is 46.5 Å². The van der Waals surface area contributed by atoms with Gasteiger partial charge in [0.15, 0.2) is 0 Å². The van der Waals surface area contributed by atoms with Crippen LogP contribution in [0.15, 0.2) is 18.2 Å². The zero-order valence-corrected chi connectivity index (χ0v) is 12.7. The molecule has 2 rings (SSSR count). The highest BCUT2D eigenvalue weighted by atomic mass is 19.1. The Kier molecular flexibility index (Phi) is 4.46. The first-order valence-corrected chi connectivity index (χ1v) is 7.57. The van der Waals surface area contributed by atoms with Crippen LogP contribution in [0.3, 0.4) is 0 Å². The van der Waals surface area contributed by atoms with Gasteiger partial charge in [-0.15, -0.1) is 0 Å². The lowest BCUT2D eigenvalue weighted by atomic mass is 9.74. The first-order valence-electron chi connectivity index (χ1n) is 7.57. The molecule has 0 bridgehead atoms. The van der Waals surface area contributed by atoms with Crippen LogP contribution < -0.4 is 0 Å². The molecule has 0 atom stereocenters. The summed E-state index contributed by atoms with van der Waals surface area (Å²) in [7, 11) is 0. The molecule has 1 heterocycles. The van der Waals surface area contributed by atoms with Gasteiger partial charge in [-0.3, -0.25) is 4.79 Å². The molecule has 0 spiro atoms. The van der Waals surface area contributed by atoms with Gasteiger partial charge in [-0.25, -0.2) is 4.39 Å². The number of piperidine rings is 1. The molecule has 110 valence electrons. The Labute approximate surface area is 121 Å². The first kappa shape index (κ1) is 15.0. The fourth-order valence-electron chi connectivity index (χ4n) is 3.18. The fourth-order valence-corrected chi connectivity index (χ4v) is 3.18. The molecule has 1 aromatic rings. The van der Waals surface area contributed by atoms with Crippen LogP contribution in [-0.4, -0.2) is 23.9 Å². The number of likely N-dealkylation sites (tertiary alicyclic amines) is 1. The highest BCUT2D eigenvalue weighted by Crippen LogP contribution is 2.38. The van der Waals surface area contributed by atoms with Crippen LogP contribution in [0.2, 0.25) is 0 Å². The number of halogens is 1. The fraction of sp³-hybridized carbons (Fsp3) is 0.588.